The van der Waals surface area contributed by atoms with Crippen LogP contribution in [0.5, 0.6) is 0 Å². The quantitative estimate of drug-likeness (QED) is 0.685. The molecule has 3 unspecified atom stereocenters. The van der Waals surface area contributed by atoms with Gasteiger partial charge in [-0.15, -0.1) is 0 Å². The Hall–Kier alpha value is -1.85. The van der Waals surface area contributed by atoms with E-state index in [0.717, 1.165) is 19.4 Å². The fourth-order valence-corrected chi connectivity index (χ4v) is 3.59. The van der Waals surface area contributed by atoms with Crippen LogP contribution in [0.15, 0.2) is 18.7 Å². The third kappa shape index (κ3) is 3.97. The normalized spacial score (nSPS) is 19.8. The van der Waals surface area contributed by atoms with Crippen LogP contribution in [-0.4, -0.2) is 46.0 Å². The Morgan fingerprint density at radius 2 is 2.25 bits per heavy atom. The molecule has 0 aliphatic carbocycles. The van der Waals surface area contributed by atoms with Gasteiger partial charge in [-0.1, -0.05) is 6.92 Å². The lowest BCUT2D eigenvalue weighted by molar-refractivity contribution is -0.153. The first-order chi connectivity index (χ1) is 11.4. The molecule has 1 aromatic heterocycles. The van der Waals surface area contributed by atoms with Gasteiger partial charge in [0.15, 0.2) is 0 Å². The highest BCUT2D eigenvalue weighted by Crippen LogP contribution is 2.36. The molecule has 0 aromatic carbocycles. The van der Waals surface area contributed by atoms with Crippen molar-refractivity contribution in [2.45, 2.75) is 65.0 Å². The van der Waals surface area contributed by atoms with Crippen molar-refractivity contribution in [3.63, 3.8) is 0 Å². The number of likely N-dealkylation sites (tertiary alicyclic amines) is 1. The summed E-state index contributed by atoms with van der Waals surface area (Å²) in [7, 11) is 1.44. The van der Waals surface area contributed by atoms with Crippen molar-refractivity contribution in [1.82, 2.24) is 14.5 Å². The van der Waals surface area contributed by atoms with E-state index in [-0.39, 0.29) is 24.0 Å². The maximum atomic E-state index is 12.3. The smallest absolute Gasteiger partial charge is 0.311 e. The number of rotatable bonds is 8. The number of carbonyl (C=O) groups is 2. The van der Waals surface area contributed by atoms with E-state index in [1.165, 1.54) is 7.11 Å². The first-order valence-electron chi connectivity index (χ1n) is 8.76. The van der Waals surface area contributed by atoms with Gasteiger partial charge in [-0.05, 0) is 39.5 Å². The van der Waals surface area contributed by atoms with Crippen LogP contribution < -0.4 is 0 Å². The lowest BCUT2D eigenvalue weighted by atomic mass is 9.79. The number of ether oxygens (including phenoxy) is 1. The van der Waals surface area contributed by atoms with Crippen molar-refractivity contribution in [2.75, 3.05) is 13.7 Å². The van der Waals surface area contributed by atoms with Gasteiger partial charge in [0.2, 0.25) is 5.91 Å². The standard InChI is InChI=1S/C18H29N3O3/c1-5-18(3,17(23)24-4)12-15(20-10-8-19-13-20)11-14(2)21-9-6-7-16(21)22/h8,10,13-15H,5-7,9,11-12H2,1-4H3. The third-order valence-electron chi connectivity index (χ3n) is 5.35. The molecular weight excluding hydrogens is 306 g/mol. The molecule has 0 bridgehead atoms. The number of esters is 1. The van der Waals surface area contributed by atoms with Crippen molar-refractivity contribution in [1.29, 1.82) is 0 Å². The molecule has 3 atom stereocenters. The zero-order valence-electron chi connectivity index (χ0n) is 15.2. The average Bonchev–Trinajstić information content (AvgIpc) is 3.24. The minimum absolute atomic E-state index is 0.0972. The Bertz CT molecular complexity index is 558. The van der Waals surface area contributed by atoms with Crippen molar-refractivity contribution in [3.8, 4) is 0 Å². The SMILES string of the molecule is CCC(C)(CC(CC(C)N1CCCC1=O)n1ccnc1)C(=O)OC. The van der Waals surface area contributed by atoms with Gasteiger partial charge in [0, 0.05) is 37.4 Å². The molecule has 2 heterocycles. The number of amides is 1. The number of aromatic nitrogens is 2. The number of imidazole rings is 1. The second-order valence-corrected chi connectivity index (χ2v) is 7.05. The van der Waals surface area contributed by atoms with E-state index < -0.39 is 5.41 Å². The zero-order valence-corrected chi connectivity index (χ0v) is 15.2. The summed E-state index contributed by atoms with van der Waals surface area (Å²) in [6, 6.07) is 0.242. The first-order valence-corrected chi connectivity index (χ1v) is 8.76. The van der Waals surface area contributed by atoms with Crippen LogP contribution in [0.1, 0.15) is 58.9 Å². The monoisotopic (exact) mass is 335 g/mol. The fourth-order valence-electron chi connectivity index (χ4n) is 3.59. The Morgan fingerprint density at radius 3 is 2.75 bits per heavy atom. The van der Waals surface area contributed by atoms with E-state index in [2.05, 4.69) is 11.9 Å². The molecule has 6 nitrogen and oxygen atoms in total. The van der Waals surface area contributed by atoms with Crippen LogP contribution in [0.4, 0.5) is 0 Å². The molecule has 1 amide bonds. The van der Waals surface area contributed by atoms with Crippen molar-refractivity contribution in [2.24, 2.45) is 5.41 Å². The third-order valence-corrected chi connectivity index (χ3v) is 5.35. The van der Waals surface area contributed by atoms with E-state index in [0.29, 0.717) is 19.3 Å². The largest absolute Gasteiger partial charge is 0.469 e. The maximum Gasteiger partial charge on any atom is 0.311 e. The van der Waals surface area contributed by atoms with Gasteiger partial charge in [0.25, 0.3) is 0 Å². The second-order valence-electron chi connectivity index (χ2n) is 7.05. The molecule has 134 valence electrons. The molecule has 1 saturated heterocycles. The highest BCUT2D eigenvalue weighted by molar-refractivity contribution is 5.78. The van der Waals surface area contributed by atoms with Gasteiger partial charge < -0.3 is 14.2 Å². The van der Waals surface area contributed by atoms with Crippen molar-refractivity contribution >= 4 is 11.9 Å². The van der Waals surface area contributed by atoms with Crippen LogP contribution in [0.3, 0.4) is 0 Å². The van der Waals surface area contributed by atoms with E-state index in [1.54, 1.807) is 12.5 Å². The summed E-state index contributed by atoms with van der Waals surface area (Å²) in [5, 5.41) is 0. The Kier molecular flexibility index (Phi) is 6.02. The minimum Gasteiger partial charge on any atom is -0.469 e. The van der Waals surface area contributed by atoms with E-state index in [1.807, 2.05) is 29.5 Å². The predicted octanol–water partition coefficient (Wildman–Crippen LogP) is 2.80. The molecule has 0 spiro atoms. The number of nitrogens with zero attached hydrogens (tertiary/aromatic N) is 3. The predicted molar refractivity (Wildman–Crippen MR) is 91.3 cm³/mol. The number of hydrogen-bond donors (Lipinski definition) is 0. The molecule has 0 saturated carbocycles. The van der Waals surface area contributed by atoms with Crippen molar-refractivity contribution < 1.29 is 14.3 Å². The highest BCUT2D eigenvalue weighted by Gasteiger charge is 2.37. The van der Waals surface area contributed by atoms with Gasteiger partial charge in [-0.2, -0.15) is 0 Å². The summed E-state index contributed by atoms with van der Waals surface area (Å²) in [6.07, 6.45) is 9.23. The Balaban J connectivity index is 2.16. The zero-order chi connectivity index (χ0) is 17.7. The number of carbonyl (C=O) groups excluding carboxylic acids is 2. The topological polar surface area (TPSA) is 64.4 Å². The summed E-state index contributed by atoms with van der Waals surface area (Å²) < 4.78 is 7.07. The lowest BCUT2D eigenvalue weighted by Crippen LogP contribution is -2.38. The van der Waals surface area contributed by atoms with Gasteiger partial charge in [0.1, 0.15) is 0 Å². The van der Waals surface area contributed by atoms with E-state index in [9.17, 15) is 9.59 Å². The molecule has 1 fully saturated rings. The van der Waals surface area contributed by atoms with Crippen LogP contribution in [-0.2, 0) is 14.3 Å². The molecule has 2 rings (SSSR count). The van der Waals surface area contributed by atoms with Crippen LogP contribution >= 0.6 is 0 Å². The summed E-state index contributed by atoms with van der Waals surface area (Å²) in [4.78, 5) is 30.4. The molecule has 24 heavy (non-hydrogen) atoms. The van der Waals surface area contributed by atoms with Crippen molar-refractivity contribution in [3.05, 3.63) is 18.7 Å². The molecule has 1 aliphatic heterocycles. The number of hydrogen-bond acceptors (Lipinski definition) is 4. The molecule has 1 aromatic rings. The average molecular weight is 335 g/mol. The lowest BCUT2D eigenvalue weighted by Gasteiger charge is -2.34. The molecular formula is C18H29N3O3. The molecule has 0 radical (unpaired) electrons. The van der Waals surface area contributed by atoms with Gasteiger partial charge in [0.05, 0.1) is 18.9 Å². The number of methoxy groups -OCH3 is 1. The molecule has 1 aliphatic rings. The molecule has 0 N–H and O–H groups in total. The van der Waals surface area contributed by atoms with E-state index >= 15 is 0 Å². The summed E-state index contributed by atoms with van der Waals surface area (Å²) in [5.41, 5.74) is -0.543. The van der Waals surface area contributed by atoms with Gasteiger partial charge in [-0.25, -0.2) is 4.98 Å². The minimum atomic E-state index is -0.543. The Labute approximate surface area is 144 Å². The maximum absolute atomic E-state index is 12.3. The van der Waals surface area contributed by atoms with Crippen LogP contribution in [0.25, 0.3) is 0 Å². The van der Waals surface area contributed by atoms with E-state index in [4.69, 9.17) is 4.74 Å². The highest BCUT2D eigenvalue weighted by atomic mass is 16.5. The van der Waals surface area contributed by atoms with Gasteiger partial charge in [-0.3, -0.25) is 9.59 Å². The van der Waals surface area contributed by atoms with Crippen LogP contribution in [0, 0.1) is 5.41 Å². The summed E-state index contributed by atoms with van der Waals surface area (Å²) in [6.45, 7) is 6.89. The van der Waals surface area contributed by atoms with Gasteiger partial charge >= 0.3 is 5.97 Å². The fraction of sp³-hybridized carbons (Fsp3) is 0.722. The summed E-state index contributed by atoms with van der Waals surface area (Å²) >= 11 is 0. The second kappa shape index (κ2) is 7.81. The molecule has 6 heteroatoms. The van der Waals surface area contributed by atoms with Crippen LogP contribution in [0.2, 0.25) is 0 Å². The summed E-state index contributed by atoms with van der Waals surface area (Å²) in [5.74, 6) is 0.0538. The Morgan fingerprint density at radius 1 is 1.50 bits per heavy atom. The first kappa shape index (κ1) is 18.5.